The molecule has 1 N–H and O–H groups in total. The number of aliphatic carboxylic acids is 1. The molecule has 2 unspecified atom stereocenters. The van der Waals surface area contributed by atoms with Gasteiger partial charge < -0.3 is 10.0 Å². The lowest BCUT2D eigenvalue weighted by atomic mass is 9.91. The van der Waals surface area contributed by atoms with Gasteiger partial charge in [-0.25, -0.2) is 0 Å². The van der Waals surface area contributed by atoms with Crippen LogP contribution in [0.5, 0.6) is 0 Å². The Morgan fingerprint density at radius 1 is 1.55 bits per heavy atom. The second kappa shape index (κ2) is 5.66. The van der Waals surface area contributed by atoms with Crippen molar-refractivity contribution in [2.24, 2.45) is 5.92 Å². The zero-order valence-corrected chi connectivity index (χ0v) is 11.7. The van der Waals surface area contributed by atoms with Crippen LogP contribution in [0.4, 0.5) is 11.4 Å². The van der Waals surface area contributed by atoms with Gasteiger partial charge in [0.2, 0.25) is 0 Å². The summed E-state index contributed by atoms with van der Waals surface area (Å²) < 4.78 is 0. The third-order valence-corrected chi connectivity index (χ3v) is 3.99. The van der Waals surface area contributed by atoms with E-state index in [1.54, 1.807) is 12.1 Å². The molecule has 0 amide bonds. The molecular weight excluding hydrogens is 284 g/mol. The molecule has 1 aromatic rings. The lowest BCUT2D eigenvalue weighted by molar-refractivity contribution is -0.384. The van der Waals surface area contributed by atoms with Gasteiger partial charge in [0.1, 0.15) is 10.7 Å². The number of nitro groups is 1. The van der Waals surface area contributed by atoms with Crippen LogP contribution in [0.2, 0.25) is 5.02 Å². The zero-order chi connectivity index (χ0) is 14.9. The number of halogens is 1. The topological polar surface area (TPSA) is 83.7 Å². The number of nitro benzene ring substituents is 1. The lowest BCUT2D eigenvalue weighted by Gasteiger charge is -2.37. The minimum atomic E-state index is -0.808. The Bertz CT molecular complexity index is 549. The van der Waals surface area contributed by atoms with Gasteiger partial charge in [0.25, 0.3) is 0 Å². The minimum Gasteiger partial charge on any atom is -0.481 e. The average Bonchev–Trinajstić information content (AvgIpc) is 2.37. The highest BCUT2D eigenvalue weighted by molar-refractivity contribution is 6.33. The summed E-state index contributed by atoms with van der Waals surface area (Å²) in [5.41, 5.74) is 0.341. The third-order valence-electron chi connectivity index (χ3n) is 3.68. The minimum absolute atomic E-state index is 0.0815. The SMILES string of the molecule is CC1CC(C(=O)O)CCN1c1cccc(Cl)c1[N+](=O)[O-]. The molecule has 1 aromatic carbocycles. The number of anilines is 1. The zero-order valence-electron chi connectivity index (χ0n) is 11.0. The summed E-state index contributed by atoms with van der Waals surface area (Å²) >= 11 is 5.91. The molecule has 0 spiro atoms. The first-order valence-electron chi connectivity index (χ1n) is 6.34. The number of piperidine rings is 1. The molecule has 20 heavy (non-hydrogen) atoms. The van der Waals surface area contributed by atoms with Crippen molar-refractivity contribution in [2.45, 2.75) is 25.8 Å². The highest BCUT2D eigenvalue weighted by atomic mass is 35.5. The summed E-state index contributed by atoms with van der Waals surface area (Å²) in [6, 6.07) is 4.72. The first kappa shape index (κ1) is 14.6. The normalized spacial score (nSPS) is 22.6. The molecule has 2 atom stereocenters. The van der Waals surface area contributed by atoms with E-state index in [1.807, 2.05) is 11.8 Å². The number of hydrogen-bond donors (Lipinski definition) is 1. The van der Waals surface area contributed by atoms with Gasteiger partial charge in [-0.1, -0.05) is 17.7 Å². The number of nitrogens with zero attached hydrogens (tertiary/aromatic N) is 2. The van der Waals surface area contributed by atoms with Crippen LogP contribution in [0.25, 0.3) is 0 Å². The molecule has 0 saturated carbocycles. The lowest BCUT2D eigenvalue weighted by Crippen LogP contribution is -2.43. The van der Waals surface area contributed by atoms with Crippen LogP contribution in [0, 0.1) is 16.0 Å². The summed E-state index contributed by atoms with van der Waals surface area (Å²) in [6.45, 7) is 2.35. The molecule has 1 heterocycles. The second-order valence-electron chi connectivity index (χ2n) is 4.97. The van der Waals surface area contributed by atoms with Gasteiger partial charge in [-0.15, -0.1) is 0 Å². The quantitative estimate of drug-likeness (QED) is 0.685. The predicted molar refractivity (Wildman–Crippen MR) is 75.3 cm³/mol. The molecule has 0 bridgehead atoms. The number of rotatable bonds is 3. The van der Waals surface area contributed by atoms with Gasteiger partial charge in [-0.2, -0.15) is 0 Å². The molecule has 1 saturated heterocycles. The van der Waals surface area contributed by atoms with Crippen molar-refractivity contribution in [1.82, 2.24) is 0 Å². The van der Waals surface area contributed by atoms with Crippen molar-refractivity contribution in [3.8, 4) is 0 Å². The molecule has 0 aromatic heterocycles. The average molecular weight is 299 g/mol. The Labute approximate surface area is 121 Å². The predicted octanol–water partition coefficient (Wildman–Crippen LogP) is 2.94. The van der Waals surface area contributed by atoms with Gasteiger partial charge in [-0.3, -0.25) is 14.9 Å². The van der Waals surface area contributed by atoms with E-state index in [1.165, 1.54) is 6.07 Å². The molecule has 2 rings (SSSR count). The van der Waals surface area contributed by atoms with E-state index in [4.69, 9.17) is 16.7 Å². The fourth-order valence-electron chi connectivity index (χ4n) is 2.67. The highest BCUT2D eigenvalue weighted by Crippen LogP contribution is 2.38. The van der Waals surface area contributed by atoms with E-state index in [0.29, 0.717) is 25.1 Å². The van der Waals surface area contributed by atoms with Crippen LogP contribution in [0.3, 0.4) is 0 Å². The Morgan fingerprint density at radius 2 is 2.25 bits per heavy atom. The maximum atomic E-state index is 11.2. The van der Waals surface area contributed by atoms with E-state index in [-0.39, 0.29) is 22.7 Å². The maximum Gasteiger partial charge on any atom is 0.310 e. The smallest absolute Gasteiger partial charge is 0.310 e. The summed E-state index contributed by atoms with van der Waals surface area (Å²) in [7, 11) is 0. The fraction of sp³-hybridized carbons (Fsp3) is 0.462. The molecule has 7 heteroatoms. The second-order valence-corrected chi connectivity index (χ2v) is 5.37. The molecule has 1 aliphatic rings. The van der Waals surface area contributed by atoms with Crippen LogP contribution in [0.15, 0.2) is 18.2 Å². The number of para-hydroxylation sites is 1. The number of carbonyl (C=O) groups is 1. The Balaban J connectivity index is 2.32. The number of carboxylic acid groups (broad SMARTS) is 1. The standard InChI is InChI=1S/C13H15ClN2O4/c1-8-7-9(13(17)18)5-6-15(8)11-4-2-3-10(14)12(11)16(19)20/h2-4,8-9H,5-7H2,1H3,(H,17,18). The van der Waals surface area contributed by atoms with E-state index in [9.17, 15) is 14.9 Å². The largest absolute Gasteiger partial charge is 0.481 e. The van der Waals surface area contributed by atoms with Crippen LogP contribution in [-0.2, 0) is 4.79 Å². The van der Waals surface area contributed by atoms with Crippen molar-refractivity contribution < 1.29 is 14.8 Å². The number of carboxylic acids is 1. The number of benzene rings is 1. The monoisotopic (exact) mass is 298 g/mol. The molecule has 0 radical (unpaired) electrons. The summed E-state index contributed by atoms with van der Waals surface area (Å²) in [5, 5.41) is 20.3. The van der Waals surface area contributed by atoms with Crippen molar-refractivity contribution in [1.29, 1.82) is 0 Å². The molecule has 1 aliphatic heterocycles. The fourth-order valence-corrected chi connectivity index (χ4v) is 2.91. The molecular formula is C13H15ClN2O4. The Morgan fingerprint density at radius 3 is 2.80 bits per heavy atom. The first-order valence-corrected chi connectivity index (χ1v) is 6.72. The first-order chi connectivity index (χ1) is 9.41. The van der Waals surface area contributed by atoms with Gasteiger partial charge in [0, 0.05) is 12.6 Å². The van der Waals surface area contributed by atoms with E-state index in [0.717, 1.165) is 0 Å². The van der Waals surface area contributed by atoms with Crippen molar-refractivity contribution >= 4 is 28.9 Å². The van der Waals surface area contributed by atoms with Crippen molar-refractivity contribution in [3.05, 3.63) is 33.3 Å². The summed E-state index contributed by atoms with van der Waals surface area (Å²) in [5.74, 6) is -1.20. The van der Waals surface area contributed by atoms with Crippen molar-refractivity contribution in [2.75, 3.05) is 11.4 Å². The Kier molecular flexibility index (Phi) is 4.13. The van der Waals surface area contributed by atoms with E-state index >= 15 is 0 Å². The molecule has 1 fully saturated rings. The highest BCUT2D eigenvalue weighted by Gasteiger charge is 2.33. The van der Waals surface area contributed by atoms with Crippen LogP contribution < -0.4 is 4.90 Å². The van der Waals surface area contributed by atoms with E-state index < -0.39 is 10.9 Å². The molecule has 6 nitrogen and oxygen atoms in total. The molecule has 0 aliphatic carbocycles. The van der Waals surface area contributed by atoms with Crippen molar-refractivity contribution in [3.63, 3.8) is 0 Å². The Hall–Kier alpha value is -1.82. The summed E-state index contributed by atoms with van der Waals surface area (Å²) in [6.07, 6.45) is 0.947. The maximum absolute atomic E-state index is 11.2. The van der Waals surface area contributed by atoms with Crippen LogP contribution in [-0.4, -0.2) is 28.6 Å². The van der Waals surface area contributed by atoms with Crippen LogP contribution in [0.1, 0.15) is 19.8 Å². The van der Waals surface area contributed by atoms with Gasteiger partial charge >= 0.3 is 11.7 Å². The van der Waals surface area contributed by atoms with Crippen LogP contribution >= 0.6 is 11.6 Å². The summed E-state index contributed by atoms with van der Waals surface area (Å²) in [4.78, 5) is 23.6. The molecule has 108 valence electrons. The number of hydrogen-bond acceptors (Lipinski definition) is 4. The van der Waals surface area contributed by atoms with Gasteiger partial charge in [-0.05, 0) is 31.9 Å². The third kappa shape index (κ3) is 2.70. The van der Waals surface area contributed by atoms with Gasteiger partial charge in [0.15, 0.2) is 0 Å². The van der Waals surface area contributed by atoms with Gasteiger partial charge in [0.05, 0.1) is 10.8 Å². The van der Waals surface area contributed by atoms with E-state index in [2.05, 4.69) is 0 Å².